The molecular weight excluding hydrogens is 544 g/mol. The molecule has 2 atom stereocenters. The zero-order chi connectivity index (χ0) is 29.4. The van der Waals surface area contributed by atoms with Crippen molar-refractivity contribution in [3.8, 4) is 11.5 Å². The van der Waals surface area contributed by atoms with Gasteiger partial charge in [-0.05, 0) is 84.8 Å². The molecule has 0 aliphatic carbocycles. The first-order valence-electron chi connectivity index (χ1n) is 15.5. The fourth-order valence-corrected chi connectivity index (χ4v) is 6.42. The van der Waals surface area contributed by atoms with Crippen LogP contribution in [0.15, 0.2) is 72.8 Å². The predicted octanol–water partition coefficient (Wildman–Crippen LogP) is 5.49. The smallest absolute Gasteiger partial charge is 0.410 e. The quantitative estimate of drug-likeness (QED) is 0.260. The first kappa shape index (κ1) is 29.5. The Morgan fingerprint density at radius 3 is 2.28 bits per heavy atom. The lowest BCUT2D eigenvalue weighted by Crippen LogP contribution is -2.53. The molecule has 8 nitrogen and oxygen atoms in total. The van der Waals surface area contributed by atoms with E-state index < -0.39 is 0 Å². The fraction of sp³-hybridized carbons (Fsp3) is 0.457. The van der Waals surface area contributed by atoms with Crippen LogP contribution in [0.5, 0.6) is 11.5 Å². The number of ether oxygens (including phenoxy) is 5. The molecule has 4 aliphatic heterocycles. The van der Waals surface area contributed by atoms with Crippen LogP contribution in [0.4, 0.5) is 4.79 Å². The number of methoxy groups -OCH3 is 1. The van der Waals surface area contributed by atoms with E-state index in [0.29, 0.717) is 45.5 Å². The van der Waals surface area contributed by atoms with Gasteiger partial charge in [-0.2, -0.15) is 0 Å². The van der Waals surface area contributed by atoms with Crippen molar-refractivity contribution in [3.63, 3.8) is 0 Å². The summed E-state index contributed by atoms with van der Waals surface area (Å²) in [5, 5.41) is 0. The number of fused-ring (bicyclic) bond motifs is 4. The molecule has 2 bridgehead atoms. The van der Waals surface area contributed by atoms with Gasteiger partial charge in [0.2, 0.25) is 0 Å². The third kappa shape index (κ3) is 7.32. The van der Waals surface area contributed by atoms with Crippen molar-refractivity contribution in [2.24, 2.45) is 5.92 Å². The second kappa shape index (κ2) is 14.3. The summed E-state index contributed by atoms with van der Waals surface area (Å²) >= 11 is 0. The molecule has 228 valence electrons. The number of carbonyl (C=O) groups is 1. The average Bonchev–Trinajstić information content (AvgIpc) is 3.06. The monoisotopic (exact) mass is 586 g/mol. The number of rotatable bonds is 12. The van der Waals surface area contributed by atoms with Gasteiger partial charge in [0, 0.05) is 20.2 Å². The average molecular weight is 587 g/mol. The first-order chi connectivity index (χ1) is 21.2. The number of benzene rings is 3. The van der Waals surface area contributed by atoms with Crippen LogP contribution in [0.25, 0.3) is 0 Å². The highest BCUT2D eigenvalue weighted by atomic mass is 16.6. The molecule has 0 spiro atoms. The van der Waals surface area contributed by atoms with Crippen LogP contribution in [0.3, 0.4) is 0 Å². The van der Waals surface area contributed by atoms with E-state index in [1.54, 1.807) is 7.11 Å². The minimum absolute atomic E-state index is 0.00988. The van der Waals surface area contributed by atoms with E-state index in [1.165, 1.54) is 5.56 Å². The van der Waals surface area contributed by atoms with Crippen molar-refractivity contribution < 1.29 is 28.5 Å². The van der Waals surface area contributed by atoms with Crippen LogP contribution in [0, 0.1) is 5.92 Å². The number of hydrogen-bond acceptors (Lipinski definition) is 7. The van der Waals surface area contributed by atoms with Crippen molar-refractivity contribution in [3.05, 3.63) is 95.1 Å². The molecule has 4 heterocycles. The first-order valence-corrected chi connectivity index (χ1v) is 15.5. The lowest BCUT2D eigenvalue weighted by molar-refractivity contribution is -0.0462. The van der Waals surface area contributed by atoms with Crippen LogP contribution in [0.1, 0.15) is 41.1 Å². The van der Waals surface area contributed by atoms with Gasteiger partial charge >= 0.3 is 6.09 Å². The van der Waals surface area contributed by atoms with Crippen molar-refractivity contribution in [2.75, 3.05) is 59.7 Å². The van der Waals surface area contributed by atoms with Crippen LogP contribution in [0.2, 0.25) is 0 Å². The van der Waals surface area contributed by atoms with E-state index >= 15 is 0 Å². The Bertz CT molecular complexity index is 1320. The third-order valence-electron chi connectivity index (χ3n) is 8.82. The molecule has 3 saturated heterocycles. The van der Waals surface area contributed by atoms with Crippen molar-refractivity contribution >= 4 is 6.09 Å². The van der Waals surface area contributed by atoms with Crippen LogP contribution in [-0.2, 0) is 27.2 Å². The van der Waals surface area contributed by atoms with E-state index in [-0.39, 0.29) is 18.2 Å². The number of amides is 1. The molecular formula is C35H42N2O6. The van der Waals surface area contributed by atoms with Gasteiger partial charge in [-0.25, -0.2) is 4.79 Å². The van der Waals surface area contributed by atoms with E-state index in [4.69, 9.17) is 23.7 Å². The van der Waals surface area contributed by atoms with E-state index in [1.807, 2.05) is 41.3 Å². The third-order valence-corrected chi connectivity index (χ3v) is 8.82. The van der Waals surface area contributed by atoms with E-state index in [9.17, 15) is 4.79 Å². The summed E-state index contributed by atoms with van der Waals surface area (Å²) in [7, 11) is 1.66. The lowest BCUT2D eigenvalue weighted by Gasteiger charge is -2.45. The maximum Gasteiger partial charge on any atom is 0.410 e. The van der Waals surface area contributed by atoms with Gasteiger partial charge in [0.05, 0.1) is 25.9 Å². The topological polar surface area (TPSA) is 69.7 Å². The molecule has 0 N–H and O–H groups in total. The summed E-state index contributed by atoms with van der Waals surface area (Å²) in [5.74, 6) is 2.06. The highest BCUT2D eigenvalue weighted by Crippen LogP contribution is 2.37. The summed E-state index contributed by atoms with van der Waals surface area (Å²) in [6, 6.07) is 24.3. The zero-order valence-electron chi connectivity index (χ0n) is 25.0. The maximum absolute atomic E-state index is 13.6. The highest BCUT2D eigenvalue weighted by Gasteiger charge is 2.39. The maximum atomic E-state index is 13.6. The van der Waals surface area contributed by atoms with Crippen LogP contribution in [-0.4, -0.2) is 81.7 Å². The minimum atomic E-state index is -0.204. The second-order valence-corrected chi connectivity index (χ2v) is 11.6. The molecule has 1 amide bonds. The SMILES string of the molecule is COCCOCCOc1ccc(COc2ccc([C@H]3c4ccccc4CCN3C(=O)O[C@@H]3CN4CCC3CC4)cc2)cc1. The molecule has 3 aromatic carbocycles. The van der Waals surface area contributed by atoms with Crippen molar-refractivity contribution in [2.45, 2.75) is 38.0 Å². The van der Waals surface area contributed by atoms with Crippen molar-refractivity contribution in [1.29, 1.82) is 0 Å². The number of nitrogens with zero attached hydrogens (tertiary/aromatic N) is 2. The Hall–Kier alpha value is -3.59. The van der Waals surface area contributed by atoms with E-state index in [0.717, 1.165) is 67.1 Å². The summed E-state index contributed by atoms with van der Waals surface area (Å²) in [4.78, 5) is 18.0. The second-order valence-electron chi connectivity index (χ2n) is 11.6. The minimum Gasteiger partial charge on any atom is -0.491 e. The normalized spacial score (nSPS) is 22.6. The standard InChI is InChI=1S/C35H42N2O6/c1-39-20-21-40-22-23-41-30-10-6-26(7-11-30)25-42-31-12-8-29(9-13-31)34-32-5-3-2-4-27(32)16-19-37(34)35(38)43-33-24-36-17-14-28(33)15-18-36/h2-13,28,33-34H,14-25H2,1H3/t33-,34+/m1/s1. The Kier molecular flexibility index (Phi) is 9.77. The van der Waals surface area contributed by atoms with Gasteiger partial charge in [-0.3, -0.25) is 9.80 Å². The van der Waals surface area contributed by atoms with Crippen molar-refractivity contribution in [1.82, 2.24) is 9.80 Å². The summed E-state index contributed by atoms with van der Waals surface area (Å²) in [5.41, 5.74) is 4.55. The molecule has 4 aliphatic rings. The molecule has 43 heavy (non-hydrogen) atoms. The molecule has 3 aromatic rings. The number of piperidine rings is 3. The lowest BCUT2D eigenvalue weighted by atomic mass is 9.86. The van der Waals surface area contributed by atoms with E-state index in [2.05, 4.69) is 41.3 Å². The van der Waals surface area contributed by atoms with Gasteiger partial charge < -0.3 is 23.7 Å². The Morgan fingerprint density at radius 2 is 1.53 bits per heavy atom. The summed E-state index contributed by atoms with van der Waals surface area (Å²) < 4.78 is 28.4. The van der Waals surface area contributed by atoms with Gasteiger partial charge in [0.15, 0.2) is 0 Å². The van der Waals surface area contributed by atoms with Gasteiger partial charge in [-0.15, -0.1) is 0 Å². The number of carbonyl (C=O) groups excluding carboxylic acids is 1. The Morgan fingerprint density at radius 1 is 0.814 bits per heavy atom. The summed E-state index contributed by atoms with van der Waals surface area (Å²) in [6.45, 7) is 6.36. The molecule has 8 heteroatoms. The van der Waals surface area contributed by atoms with Gasteiger partial charge in [0.25, 0.3) is 0 Å². The van der Waals surface area contributed by atoms with Gasteiger partial charge in [-0.1, -0.05) is 48.5 Å². The molecule has 3 fully saturated rings. The zero-order valence-corrected chi connectivity index (χ0v) is 25.0. The molecule has 0 radical (unpaired) electrons. The summed E-state index contributed by atoms with van der Waals surface area (Å²) in [6.07, 6.45) is 2.85. The van der Waals surface area contributed by atoms with Crippen LogP contribution >= 0.6 is 0 Å². The molecule has 0 aromatic heterocycles. The van der Waals surface area contributed by atoms with Gasteiger partial charge in [0.1, 0.15) is 30.8 Å². The predicted molar refractivity (Wildman–Crippen MR) is 164 cm³/mol. The Labute approximate surface area is 254 Å². The molecule has 7 rings (SSSR count). The Balaban J connectivity index is 1.07. The fourth-order valence-electron chi connectivity index (χ4n) is 6.42. The number of hydrogen-bond donors (Lipinski definition) is 0. The molecule has 0 unspecified atom stereocenters. The molecule has 0 saturated carbocycles. The largest absolute Gasteiger partial charge is 0.491 e. The van der Waals surface area contributed by atoms with Crippen LogP contribution < -0.4 is 9.47 Å². The highest BCUT2D eigenvalue weighted by molar-refractivity contribution is 5.70.